The second kappa shape index (κ2) is 12.4. The maximum Gasteiger partial charge on any atom is 0.338 e. The number of carbonyl (C=O) groups is 1. The van der Waals surface area contributed by atoms with Gasteiger partial charge in [-0.2, -0.15) is 0 Å². The van der Waals surface area contributed by atoms with Crippen LogP contribution >= 0.6 is 22.9 Å². The van der Waals surface area contributed by atoms with Crippen molar-refractivity contribution in [2.75, 3.05) is 20.8 Å². The molecule has 4 aromatic rings. The summed E-state index contributed by atoms with van der Waals surface area (Å²) < 4.78 is 18.4. The molecule has 42 heavy (non-hydrogen) atoms. The lowest BCUT2D eigenvalue weighted by Gasteiger charge is -2.26. The summed E-state index contributed by atoms with van der Waals surface area (Å²) in [5.41, 5.74) is 3.87. The van der Waals surface area contributed by atoms with Gasteiger partial charge in [0.2, 0.25) is 0 Å². The van der Waals surface area contributed by atoms with Crippen LogP contribution < -0.4 is 24.4 Å². The molecule has 5 rings (SSSR count). The van der Waals surface area contributed by atoms with Crippen molar-refractivity contribution >= 4 is 40.7 Å². The third kappa shape index (κ3) is 5.52. The summed E-state index contributed by atoms with van der Waals surface area (Å²) in [6.07, 6.45) is 1.74. The number of carbonyl (C=O) groups excluding carboxylic acids is 1. The lowest BCUT2D eigenvalue weighted by molar-refractivity contribution is -0.138. The van der Waals surface area contributed by atoms with Crippen molar-refractivity contribution in [3.8, 4) is 11.5 Å². The summed E-state index contributed by atoms with van der Waals surface area (Å²) in [4.78, 5) is 33.1. The molecule has 7 nitrogen and oxygen atoms in total. The monoisotopic (exact) mass is 602 g/mol. The van der Waals surface area contributed by atoms with E-state index >= 15 is 0 Å². The van der Waals surface area contributed by atoms with Crippen LogP contribution in [0.5, 0.6) is 11.5 Å². The SMILES string of the molecule is CCOC(=O)C1=C(c2ccccc2)N=c2s/c(=C\c3cc(Cl)c(OC)c(OC)c3)c(=O)n2[C@H]1c1ccc(C(C)C)cc1. The van der Waals surface area contributed by atoms with E-state index in [4.69, 9.17) is 30.8 Å². The van der Waals surface area contributed by atoms with E-state index in [-0.39, 0.29) is 12.2 Å². The summed E-state index contributed by atoms with van der Waals surface area (Å²) in [6.45, 7) is 6.19. The molecule has 3 aromatic carbocycles. The topological polar surface area (TPSA) is 79.1 Å². The van der Waals surface area contributed by atoms with E-state index in [1.165, 1.54) is 25.6 Å². The smallest absolute Gasteiger partial charge is 0.338 e. The number of halogens is 1. The number of fused-ring (bicyclic) bond motifs is 1. The molecule has 1 aliphatic rings. The average molecular weight is 603 g/mol. The number of thiazole rings is 1. The van der Waals surface area contributed by atoms with Crippen molar-refractivity contribution in [1.29, 1.82) is 0 Å². The molecule has 1 aliphatic heterocycles. The fraction of sp³-hybridized carbons (Fsp3) is 0.242. The fourth-order valence-corrected chi connectivity index (χ4v) is 6.29. The van der Waals surface area contributed by atoms with Crippen LogP contribution in [-0.2, 0) is 9.53 Å². The number of nitrogens with zero attached hydrogens (tertiary/aromatic N) is 2. The maximum absolute atomic E-state index is 14.1. The summed E-state index contributed by atoms with van der Waals surface area (Å²) in [6, 6.07) is 20.2. The van der Waals surface area contributed by atoms with Crippen molar-refractivity contribution in [3.05, 3.63) is 119 Å². The molecule has 0 radical (unpaired) electrons. The first-order valence-corrected chi connectivity index (χ1v) is 14.8. The molecule has 0 spiro atoms. The summed E-state index contributed by atoms with van der Waals surface area (Å²) in [7, 11) is 3.04. The predicted molar refractivity (Wildman–Crippen MR) is 166 cm³/mol. The van der Waals surface area contributed by atoms with Crippen LogP contribution in [0.4, 0.5) is 0 Å². The molecule has 0 fully saturated rings. The summed E-state index contributed by atoms with van der Waals surface area (Å²) in [5.74, 6) is 0.672. The van der Waals surface area contributed by atoms with Crippen molar-refractivity contribution < 1.29 is 19.0 Å². The number of benzene rings is 3. The Morgan fingerprint density at radius 3 is 2.40 bits per heavy atom. The zero-order chi connectivity index (χ0) is 30.0. The van der Waals surface area contributed by atoms with Crippen LogP contribution in [0.25, 0.3) is 11.8 Å². The lowest BCUT2D eigenvalue weighted by Crippen LogP contribution is -2.40. The third-order valence-electron chi connectivity index (χ3n) is 7.05. The normalized spacial score (nSPS) is 14.9. The van der Waals surface area contributed by atoms with E-state index in [2.05, 4.69) is 13.8 Å². The van der Waals surface area contributed by atoms with Gasteiger partial charge in [-0.3, -0.25) is 9.36 Å². The molecule has 0 saturated heterocycles. The van der Waals surface area contributed by atoms with Crippen LogP contribution in [0.3, 0.4) is 0 Å². The Balaban J connectivity index is 1.80. The number of hydrogen-bond donors (Lipinski definition) is 0. The highest BCUT2D eigenvalue weighted by molar-refractivity contribution is 7.07. The van der Waals surface area contributed by atoms with Crippen molar-refractivity contribution in [3.63, 3.8) is 0 Å². The molecule has 0 aliphatic carbocycles. The van der Waals surface area contributed by atoms with Gasteiger partial charge in [0.1, 0.15) is 0 Å². The predicted octanol–water partition coefficient (Wildman–Crippen LogP) is 5.73. The summed E-state index contributed by atoms with van der Waals surface area (Å²) >= 11 is 7.69. The number of methoxy groups -OCH3 is 2. The number of rotatable bonds is 8. The van der Waals surface area contributed by atoms with Gasteiger partial charge in [0, 0.05) is 5.56 Å². The number of aromatic nitrogens is 1. The Bertz CT molecular complexity index is 1840. The van der Waals surface area contributed by atoms with E-state index in [1.807, 2.05) is 54.6 Å². The van der Waals surface area contributed by atoms with Gasteiger partial charge in [-0.05, 0) is 47.7 Å². The average Bonchev–Trinajstić information content (AvgIpc) is 3.30. The van der Waals surface area contributed by atoms with Crippen molar-refractivity contribution in [2.24, 2.45) is 4.99 Å². The lowest BCUT2D eigenvalue weighted by atomic mass is 9.91. The van der Waals surface area contributed by atoms with Gasteiger partial charge in [0.05, 0.1) is 47.7 Å². The van der Waals surface area contributed by atoms with Gasteiger partial charge in [-0.1, -0.05) is 91.4 Å². The van der Waals surface area contributed by atoms with E-state index in [9.17, 15) is 9.59 Å². The molecule has 9 heteroatoms. The Morgan fingerprint density at radius 1 is 1.07 bits per heavy atom. The highest BCUT2D eigenvalue weighted by Crippen LogP contribution is 2.37. The van der Waals surface area contributed by atoms with E-state index < -0.39 is 12.0 Å². The Morgan fingerprint density at radius 2 is 1.79 bits per heavy atom. The minimum atomic E-state index is -0.743. The molecule has 1 aromatic heterocycles. The van der Waals surface area contributed by atoms with Crippen LogP contribution in [0.1, 0.15) is 55.0 Å². The standard InChI is InChI=1S/C33H31ClN2O5S/c1-6-41-32(38)27-28(22-10-8-7-9-11-22)35-33-36(29(27)23-14-12-21(13-15-23)19(2)3)31(37)26(42-33)18-20-16-24(34)30(40-5)25(17-20)39-4/h7-19,29H,6H2,1-5H3/b26-18-/t29-/m0/s1. The molecule has 0 bridgehead atoms. The molecule has 2 heterocycles. The Hall–Kier alpha value is -4.14. The Labute approximate surface area is 253 Å². The summed E-state index contributed by atoms with van der Waals surface area (Å²) in [5, 5.41) is 0.356. The second-order valence-electron chi connectivity index (χ2n) is 9.99. The minimum absolute atomic E-state index is 0.188. The molecule has 0 saturated carbocycles. The van der Waals surface area contributed by atoms with Gasteiger partial charge >= 0.3 is 5.97 Å². The Kier molecular flexibility index (Phi) is 8.66. The zero-order valence-corrected chi connectivity index (χ0v) is 25.6. The fourth-order valence-electron chi connectivity index (χ4n) is 4.99. The number of esters is 1. The first kappa shape index (κ1) is 29.4. The molecule has 0 N–H and O–H groups in total. The quantitative estimate of drug-likeness (QED) is 0.241. The minimum Gasteiger partial charge on any atom is -0.493 e. The van der Waals surface area contributed by atoms with Crippen LogP contribution in [0.2, 0.25) is 5.02 Å². The third-order valence-corrected chi connectivity index (χ3v) is 8.31. The van der Waals surface area contributed by atoms with Crippen LogP contribution in [-0.4, -0.2) is 31.4 Å². The molecule has 216 valence electrons. The first-order valence-electron chi connectivity index (χ1n) is 13.6. The van der Waals surface area contributed by atoms with E-state index in [1.54, 1.807) is 29.7 Å². The van der Waals surface area contributed by atoms with Gasteiger partial charge in [0.25, 0.3) is 5.56 Å². The van der Waals surface area contributed by atoms with Crippen molar-refractivity contribution in [1.82, 2.24) is 4.57 Å². The van der Waals surface area contributed by atoms with E-state index in [0.717, 1.165) is 16.7 Å². The molecule has 0 unspecified atom stereocenters. The maximum atomic E-state index is 14.1. The second-order valence-corrected chi connectivity index (χ2v) is 11.4. The van der Waals surface area contributed by atoms with Crippen LogP contribution in [0.15, 0.2) is 82.1 Å². The van der Waals surface area contributed by atoms with Crippen molar-refractivity contribution in [2.45, 2.75) is 32.7 Å². The molecule has 0 amide bonds. The number of ether oxygens (including phenoxy) is 3. The highest BCUT2D eigenvalue weighted by Gasteiger charge is 2.35. The van der Waals surface area contributed by atoms with E-state index in [0.29, 0.717) is 48.6 Å². The molecule has 1 atom stereocenters. The number of hydrogen-bond acceptors (Lipinski definition) is 7. The first-order chi connectivity index (χ1) is 20.3. The largest absolute Gasteiger partial charge is 0.493 e. The van der Waals surface area contributed by atoms with Gasteiger partial charge < -0.3 is 14.2 Å². The van der Waals surface area contributed by atoms with Gasteiger partial charge in [0.15, 0.2) is 16.3 Å². The van der Waals surface area contributed by atoms with Gasteiger partial charge in [-0.15, -0.1) is 0 Å². The van der Waals surface area contributed by atoms with Crippen LogP contribution in [0, 0.1) is 0 Å². The molecular weight excluding hydrogens is 572 g/mol. The van der Waals surface area contributed by atoms with Gasteiger partial charge in [-0.25, -0.2) is 9.79 Å². The zero-order valence-electron chi connectivity index (χ0n) is 24.0. The highest BCUT2D eigenvalue weighted by atomic mass is 35.5. The molecular formula is C33H31ClN2O5S.